The first-order valence-corrected chi connectivity index (χ1v) is 7.48. The highest BCUT2D eigenvalue weighted by Gasteiger charge is 2.21. The fraction of sp³-hybridized carbons (Fsp3) is 0.588. The third-order valence-corrected chi connectivity index (χ3v) is 3.74. The Kier molecular flexibility index (Phi) is 5.00. The minimum absolute atomic E-state index is 0.170. The lowest BCUT2D eigenvalue weighted by Gasteiger charge is -2.14. The molecule has 0 unspecified atom stereocenters. The maximum Gasteiger partial charge on any atom is 0.165 e. The Morgan fingerprint density at radius 2 is 1.63 bits per heavy atom. The molecule has 0 N–H and O–H groups in total. The molecule has 0 heterocycles. The van der Waals surface area contributed by atoms with E-state index in [4.69, 9.17) is 4.74 Å². The Labute approximate surface area is 116 Å². The van der Waals surface area contributed by atoms with Crippen molar-refractivity contribution in [1.29, 1.82) is 0 Å². The van der Waals surface area contributed by atoms with Crippen LogP contribution in [-0.2, 0) is 0 Å². The number of rotatable bonds is 4. The number of Topliss-reactive ketones (excluding diaryl/α,β-unsaturated/α-hetero) is 1. The second-order valence-electron chi connectivity index (χ2n) is 5.74. The molecule has 1 aromatic rings. The van der Waals surface area contributed by atoms with Gasteiger partial charge in [0.05, 0.1) is 6.10 Å². The molecule has 104 valence electrons. The first-order chi connectivity index (χ1) is 9.16. The lowest BCUT2D eigenvalue weighted by atomic mass is 9.91. The molecule has 0 aromatic heterocycles. The van der Waals surface area contributed by atoms with Crippen molar-refractivity contribution in [2.45, 2.75) is 58.5 Å². The van der Waals surface area contributed by atoms with E-state index < -0.39 is 0 Å². The maximum absolute atomic E-state index is 12.4. The van der Waals surface area contributed by atoms with Crippen LogP contribution in [0.25, 0.3) is 0 Å². The van der Waals surface area contributed by atoms with Crippen LogP contribution in [0.4, 0.5) is 0 Å². The molecule has 2 rings (SSSR count). The number of benzene rings is 1. The molecule has 1 aliphatic carbocycles. The zero-order valence-corrected chi connectivity index (χ0v) is 12.0. The molecule has 2 heteroatoms. The average molecular weight is 260 g/mol. The van der Waals surface area contributed by atoms with Gasteiger partial charge in [0.1, 0.15) is 5.75 Å². The first kappa shape index (κ1) is 14.1. The van der Waals surface area contributed by atoms with E-state index in [1.54, 1.807) is 0 Å². The van der Waals surface area contributed by atoms with E-state index in [-0.39, 0.29) is 12.0 Å². The van der Waals surface area contributed by atoms with Crippen LogP contribution in [0.2, 0.25) is 0 Å². The Balaban J connectivity index is 2.02. The monoisotopic (exact) mass is 260 g/mol. The van der Waals surface area contributed by atoms with Crippen LogP contribution in [0.1, 0.15) is 62.7 Å². The standard InChI is InChI=1S/C17H24O2/c1-13(2)19-16-11-9-15(10-12-16)17(18)14-7-5-3-4-6-8-14/h9-14H,3-8H2,1-2H3. The Morgan fingerprint density at radius 1 is 1.05 bits per heavy atom. The van der Waals surface area contributed by atoms with Crippen molar-refractivity contribution in [3.8, 4) is 5.75 Å². The highest BCUT2D eigenvalue weighted by atomic mass is 16.5. The summed E-state index contributed by atoms with van der Waals surface area (Å²) in [6, 6.07) is 7.63. The van der Waals surface area contributed by atoms with E-state index in [0.29, 0.717) is 5.78 Å². The van der Waals surface area contributed by atoms with Gasteiger partial charge in [0.2, 0.25) is 0 Å². The molecule has 1 saturated carbocycles. The van der Waals surface area contributed by atoms with Crippen LogP contribution in [0, 0.1) is 5.92 Å². The third kappa shape index (κ3) is 4.09. The van der Waals surface area contributed by atoms with Crippen molar-refractivity contribution < 1.29 is 9.53 Å². The van der Waals surface area contributed by atoms with E-state index >= 15 is 0 Å². The summed E-state index contributed by atoms with van der Waals surface area (Å²) in [4.78, 5) is 12.4. The Hall–Kier alpha value is -1.31. The van der Waals surface area contributed by atoms with E-state index in [0.717, 1.165) is 24.2 Å². The van der Waals surface area contributed by atoms with Gasteiger partial charge in [0, 0.05) is 11.5 Å². The minimum atomic E-state index is 0.170. The molecule has 19 heavy (non-hydrogen) atoms. The van der Waals surface area contributed by atoms with E-state index in [9.17, 15) is 4.79 Å². The quantitative estimate of drug-likeness (QED) is 0.583. The van der Waals surface area contributed by atoms with Gasteiger partial charge in [-0.3, -0.25) is 4.79 Å². The average Bonchev–Trinajstić information content (AvgIpc) is 2.67. The molecule has 2 nitrogen and oxygen atoms in total. The summed E-state index contributed by atoms with van der Waals surface area (Å²) in [5.74, 6) is 1.39. The molecule has 1 aromatic carbocycles. The summed E-state index contributed by atoms with van der Waals surface area (Å²) >= 11 is 0. The topological polar surface area (TPSA) is 26.3 Å². The van der Waals surface area contributed by atoms with Gasteiger partial charge in [-0.05, 0) is 51.0 Å². The number of hydrogen-bond donors (Lipinski definition) is 0. The first-order valence-electron chi connectivity index (χ1n) is 7.48. The summed E-state index contributed by atoms with van der Waals surface area (Å²) in [5.41, 5.74) is 0.836. The normalized spacial score (nSPS) is 17.2. The summed E-state index contributed by atoms with van der Waals surface area (Å²) in [7, 11) is 0. The number of carbonyl (C=O) groups is 1. The molecule has 0 radical (unpaired) electrons. The van der Waals surface area contributed by atoms with Crippen LogP contribution in [0.15, 0.2) is 24.3 Å². The van der Waals surface area contributed by atoms with Gasteiger partial charge in [-0.2, -0.15) is 0 Å². The predicted octanol–water partition coefficient (Wildman–Crippen LogP) is 4.63. The fourth-order valence-electron chi connectivity index (χ4n) is 2.75. The predicted molar refractivity (Wildman–Crippen MR) is 77.7 cm³/mol. The van der Waals surface area contributed by atoms with Crippen molar-refractivity contribution in [1.82, 2.24) is 0 Å². The molecule has 0 spiro atoms. The van der Waals surface area contributed by atoms with Crippen LogP contribution in [0.5, 0.6) is 5.75 Å². The Morgan fingerprint density at radius 3 is 2.16 bits per heavy atom. The summed E-state index contributed by atoms with van der Waals surface area (Å²) in [5, 5.41) is 0. The van der Waals surface area contributed by atoms with E-state index in [1.807, 2.05) is 38.1 Å². The van der Waals surface area contributed by atoms with Gasteiger partial charge in [-0.15, -0.1) is 0 Å². The molecule has 0 aliphatic heterocycles. The van der Waals surface area contributed by atoms with Crippen LogP contribution >= 0.6 is 0 Å². The largest absolute Gasteiger partial charge is 0.491 e. The highest BCUT2D eigenvalue weighted by Crippen LogP contribution is 2.26. The molecule has 0 atom stereocenters. The van der Waals surface area contributed by atoms with Gasteiger partial charge in [0.25, 0.3) is 0 Å². The zero-order valence-electron chi connectivity index (χ0n) is 12.0. The smallest absolute Gasteiger partial charge is 0.165 e. The van der Waals surface area contributed by atoms with Crippen molar-refractivity contribution in [3.63, 3.8) is 0 Å². The molecule has 0 saturated heterocycles. The minimum Gasteiger partial charge on any atom is -0.491 e. The number of ether oxygens (including phenoxy) is 1. The van der Waals surface area contributed by atoms with Gasteiger partial charge in [-0.1, -0.05) is 25.7 Å². The van der Waals surface area contributed by atoms with E-state index in [2.05, 4.69) is 0 Å². The van der Waals surface area contributed by atoms with Crippen molar-refractivity contribution in [2.24, 2.45) is 5.92 Å². The van der Waals surface area contributed by atoms with Crippen LogP contribution < -0.4 is 4.74 Å². The van der Waals surface area contributed by atoms with Crippen molar-refractivity contribution in [3.05, 3.63) is 29.8 Å². The SMILES string of the molecule is CC(C)Oc1ccc(C(=O)C2CCCCCC2)cc1. The number of hydrogen-bond acceptors (Lipinski definition) is 2. The maximum atomic E-state index is 12.4. The molecule has 1 aliphatic rings. The second kappa shape index (κ2) is 6.74. The highest BCUT2D eigenvalue weighted by molar-refractivity contribution is 5.97. The number of carbonyl (C=O) groups excluding carboxylic acids is 1. The summed E-state index contributed by atoms with van der Waals surface area (Å²) in [6.07, 6.45) is 7.25. The van der Waals surface area contributed by atoms with Gasteiger partial charge in [-0.25, -0.2) is 0 Å². The van der Waals surface area contributed by atoms with Gasteiger partial charge in [0.15, 0.2) is 5.78 Å². The summed E-state index contributed by atoms with van der Waals surface area (Å²) < 4.78 is 5.60. The zero-order chi connectivity index (χ0) is 13.7. The van der Waals surface area contributed by atoms with Gasteiger partial charge >= 0.3 is 0 Å². The Bertz CT molecular complexity index is 398. The lowest BCUT2D eigenvalue weighted by molar-refractivity contribution is 0.0908. The molecule has 0 amide bonds. The van der Waals surface area contributed by atoms with Crippen molar-refractivity contribution in [2.75, 3.05) is 0 Å². The molecule has 1 fully saturated rings. The number of ketones is 1. The van der Waals surface area contributed by atoms with Gasteiger partial charge < -0.3 is 4.74 Å². The third-order valence-electron chi connectivity index (χ3n) is 3.74. The van der Waals surface area contributed by atoms with Crippen molar-refractivity contribution >= 4 is 5.78 Å². The fourth-order valence-corrected chi connectivity index (χ4v) is 2.75. The second-order valence-corrected chi connectivity index (χ2v) is 5.74. The molecular weight excluding hydrogens is 236 g/mol. The van der Waals surface area contributed by atoms with Crippen LogP contribution in [-0.4, -0.2) is 11.9 Å². The lowest BCUT2D eigenvalue weighted by Crippen LogP contribution is -2.14. The molecular formula is C17H24O2. The molecule has 0 bridgehead atoms. The van der Waals surface area contributed by atoms with E-state index in [1.165, 1.54) is 25.7 Å². The summed E-state index contributed by atoms with van der Waals surface area (Å²) in [6.45, 7) is 4.01. The van der Waals surface area contributed by atoms with Crippen LogP contribution in [0.3, 0.4) is 0 Å².